The minimum Gasteiger partial charge on any atom is -0.326 e. The predicted octanol–water partition coefficient (Wildman–Crippen LogP) is 2.09. The molecule has 0 unspecified atom stereocenters. The summed E-state index contributed by atoms with van der Waals surface area (Å²) in [6, 6.07) is 3.75. The van der Waals surface area contributed by atoms with Crippen molar-refractivity contribution in [1.29, 1.82) is 0 Å². The first kappa shape index (κ1) is 11.5. The molecule has 2 heterocycles. The number of allylic oxidation sites excluding steroid dienone is 1. The molecule has 0 amide bonds. The van der Waals surface area contributed by atoms with Gasteiger partial charge in [-0.3, -0.25) is 4.79 Å². The second-order valence-electron chi connectivity index (χ2n) is 6.42. The molecule has 100 valence electrons. The molecule has 3 aliphatic rings. The van der Waals surface area contributed by atoms with Crippen molar-refractivity contribution in [2.45, 2.75) is 38.1 Å². The Morgan fingerprint density at radius 2 is 2.26 bits per heavy atom. The summed E-state index contributed by atoms with van der Waals surface area (Å²) >= 11 is 0. The number of aromatic amines is 1. The van der Waals surface area contributed by atoms with E-state index in [9.17, 15) is 4.79 Å². The van der Waals surface area contributed by atoms with Crippen LogP contribution in [0.15, 0.2) is 28.6 Å². The minimum absolute atomic E-state index is 0.0307. The standard InChI is InChI=1S/C16H20N2O/c1-10-7-11-8-14-13(4-5-15(19)18-14)16(9-10)12(11)3-2-6-17-16/h4-5,7,11-12,17H,2-3,6,8-9H2,1H3,(H,18,19)/t11-,12-,16+/m0/s1. The molecule has 0 aromatic carbocycles. The summed E-state index contributed by atoms with van der Waals surface area (Å²) in [5.74, 6) is 1.29. The van der Waals surface area contributed by atoms with Crippen molar-refractivity contribution in [3.63, 3.8) is 0 Å². The molecule has 3 atom stereocenters. The van der Waals surface area contributed by atoms with E-state index < -0.39 is 0 Å². The Kier molecular flexibility index (Phi) is 2.31. The molecule has 3 heteroatoms. The van der Waals surface area contributed by atoms with Crippen LogP contribution in [0.3, 0.4) is 0 Å². The Morgan fingerprint density at radius 3 is 3.16 bits per heavy atom. The van der Waals surface area contributed by atoms with Crippen LogP contribution in [0.4, 0.5) is 0 Å². The van der Waals surface area contributed by atoms with Gasteiger partial charge in [0.2, 0.25) is 5.56 Å². The SMILES string of the molecule is CC1=C[C@H]2Cc3[nH]c(=O)ccc3[C@]3(C1)NCCC[C@@H]23. The Morgan fingerprint density at radius 1 is 1.37 bits per heavy atom. The van der Waals surface area contributed by atoms with Gasteiger partial charge in [-0.1, -0.05) is 11.6 Å². The van der Waals surface area contributed by atoms with Gasteiger partial charge in [-0.05, 0) is 62.6 Å². The first-order chi connectivity index (χ1) is 9.19. The summed E-state index contributed by atoms with van der Waals surface area (Å²) < 4.78 is 0. The van der Waals surface area contributed by atoms with E-state index in [-0.39, 0.29) is 11.1 Å². The van der Waals surface area contributed by atoms with Crippen LogP contribution in [0, 0.1) is 11.8 Å². The number of hydrogen-bond acceptors (Lipinski definition) is 2. The van der Waals surface area contributed by atoms with Gasteiger partial charge in [-0.25, -0.2) is 0 Å². The van der Waals surface area contributed by atoms with Crippen LogP contribution in [0.5, 0.6) is 0 Å². The third kappa shape index (κ3) is 1.51. The van der Waals surface area contributed by atoms with Crippen LogP contribution < -0.4 is 10.9 Å². The summed E-state index contributed by atoms with van der Waals surface area (Å²) in [4.78, 5) is 14.7. The summed E-state index contributed by atoms with van der Waals surface area (Å²) in [5, 5.41) is 3.81. The van der Waals surface area contributed by atoms with Crippen molar-refractivity contribution in [2.24, 2.45) is 11.8 Å². The first-order valence-corrected chi connectivity index (χ1v) is 7.34. The summed E-state index contributed by atoms with van der Waals surface area (Å²) in [6.45, 7) is 3.34. The molecule has 1 aromatic heterocycles. The third-order valence-electron chi connectivity index (χ3n) is 5.26. The van der Waals surface area contributed by atoms with Crippen molar-refractivity contribution in [2.75, 3.05) is 6.54 Å². The first-order valence-electron chi connectivity index (χ1n) is 7.34. The van der Waals surface area contributed by atoms with Crippen LogP contribution in [-0.4, -0.2) is 11.5 Å². The van der Waals surface area contributed by atoms with Crippen LogP contribution in [-0.2, 0) is 12.0 Å². The summed E-state index contributed by atoms with van der Waals surface area (Å²) in [5.41, 5.74) is 4.11. The van der Waals surface area contributed by atoms with E-state index in [2.05, 4.69) is 29.4 Å². The number of rotatable bonds is 0. The van der Waals surface area contributed by atoms with Gasteiger partial charge in [0.1, 0.15) is 0 Å². The molecule has 1 aliphatic heterocycles. The number of pyridine rings is 1. The van der Waals surface area contributed by atoms with E-state index in [1.165, 1.54) is 24.0 Å². The van der Waals surface area contributed by atoms with Gasteiger partial charge in [0, 0.05) is 11.8 Å². The highest BCUT2D eigenvalue weighted by Crippen LogP contribution is 2.52. The second-order valence-corrected chi connectivity index (χ2v) is 6.42. The molecular formula is C16H20N2O. The smallest absolute Gasteiger partial charge is 0.248 e. The van der Waals surface area contributed by atoms with Crippen molar-refractivity contribution < 1.29 is 0 Å². The topological polar surface area (TPSA) is 44.9 Å². The molecule has 4 rings (SSSR count). The fourth-order valence-corrected chi connectivity index (χ4v) is 4.69. The average molecular weight is 256 g/mol. The lowest BCUT2D eigenvalue weighted by Gasteiger charge is -2.54. The van der Waals surface area contributed by atoms with E-state index in [0.29, 0.717) is 11.8 Å². The highest BCUT2D eigenvalue weighted by atomic mass is 16.1. The Balaban J connectivity index is 1.95. The fraction of sp³-hybridized carbons (Fsp3) is 0.562. The molecule has 2 aliphatic carbocycles. The van der Waals surface area contributed by atoms with Gasteiger partial charge in [0.25, 0.3) is 0 Å². The highest BCUT2D eigenvalue weighted by Gasteiger charge is 2.51. The summed E-state index contributed by atoms with van der Waals surface area (Å²) in [6.07, 6.45) is 7.11. The quantitative estimate of drug-likeness (QED) is 0.698. The maximum absolute atomic E-state index is 11.6. The molecule has 0 spiro atoms. The number of piperidine rings is 1. The molecule has 2 bridgehead atoms. The number of fused-ring (bicyclic) bond motifs is 1. The maximum atomic E-state index is 11.6. The van der Waals surface area contributed by atoms with Crippen LogP contribution >= 0.6 is 0 Å². The van der Waals surface area contributed by atoms with E-state index in [1.807, 2.05) is 0 Å². The molecule has 1 aromatic rings. The zero-order chi connectivity index (χ0) is 13.0. The normalized spacial score (nSPS) is 36.2. The lowest BCUT2D eigenvalue weighted by molar-refractivity contribution is 0.0883. The van der Waals surface area contributed by atoms with Crippen LogP contribution in [0.1, 0.15) is 37.4 Å². The predicted molar refractivity (Wildman–Crippen MR) is 75.0 cm³/mol. The molecule has 2 N–H and O–H groups in total. The molecule has 0 saturated carbocycles. The van der Waals surface area contributed by atoms with Gasteiger partial charge >= 0.3 is 0 Å². The van der Waals surface area contributed by atoms with Crippen molar-refractivity contribution >= 4 is 0 Å². The molecule has 1 saturated heterocycles. The zero-order valence-electron chi connectivity index (χ0n) is 11.3. The second kappa shape index (κ2) is 3.83. The molecule has 19 heavy (non-hydrogen) atoms. The highest BCUT2D eigenvalue weighted by molar-refractivity contribution is 5.39. The van der Waals surface area contributed by atoms with E-state index in [4.69, 9.17) is 0 Å². The van der Waals surface area contributed by atoms with Gasteiger partial charge < -0.3 is 10.3 Å². The van der Waals surface area contributed by atoms with E-state index in [1.54, 1.807) is 6.07 Å². The van der Waals surface area contributed by atoms with Crippen molar-refractivity contribution in [3.05, 3.63) is 45.4 Å². The zero-order valence-corrected chi connectivity index (χ0v) is 11.3. The number of hydrogen-bond donors (Lipinski definition) is 2. The van der Waals surface area contributed by atoms with Gasteiger partial charge in [0.15, 0.2) is 0 Å². The van der Waals surface area contributed by atoms with Gasteiger partial charge in [0.05, 0.1) is 5.54 Å². The molecule has 1 fully saturated rings. The van der Waals surface area contributed by atoms with Gasteiger partial charge in [-0.2, -0.15) is 0 Å². The number of H-pyrrole nitrogens is 1. The summed E-state index contributed by atoms with van der Waals surface area (Å²) in [7, 11) is 0. The average Bonchev–Trinajstić information content (AvgIpc) is 2.37. The molecular weight excluding hydrogens is 236 g/mol. The minimum atomic E-state index is 0.0307. The van der Waals surface area contributed by atoms with Crippen LogP contribution in [0.2, 0.25) is 0 Å². The largest absolute Gasteiger partial charge is 0.326 e. The lowest BCUT2D eigenvalue weighted by Crippen LogP contribution is -2.58. The van der Waals surface area contributed by atoms with E-state index >= 15 is 0 Å². The van der Waals surface area contributed by atoms with Gasteiger partial charge in [-0.15, -0.1) is 0 Å². The van der Waals surface area contributed by atoms with E-state index in [0.717, 1.165) is 25.1 Å². The maximum Gasteiger partial charge on any atom is 0.248 e. The number of aromatic nitrogens is 1. The Bertz CT molecular complexity index is 615. The third-order valence-corrected chi connectivity index (χ3v) is 5.26. The van der Waals surface area contributed by atoms with Crippen molar-refractivity contribution in [1.82, 2.24) is 10.3 Å². The Hall–Kier alpha value is -1.35. The Labute approximate surface area is 113 Å². The molecule has 0 radical (unpaired) electrons. The molecule has 3 nitrogen and oxygen atoms in total. The number of nitrogens with one attached hydrogen (secondary N) is 2. The monoisotopic (exact) mass is 256 g/mol. The lowest BCUT2D eigenvalue weighted by atomic mass is 9.57. The fourth-order valence-electron chi connectivity index (χ4n) is 4.69. The van der Waals surface area contributed by atoms with Crippen molar-refractivity contribution in [3.8, 4) is 0 Å². The van der Waals surface area contributed by atoms with Crippen LogP contribution in [0.25, 0.3) is 0 Å².